The second kappa shape index (κ2) is 8.99. The number of methoxy groups -OCH3 is 2. The summed E-state index contributed by atoms with van der Waals surface area (Å²) in [6, 6.07) is 12.6. The Labute approximate surface area is 173 Å². The van der Waals surface area contributed by atoms with Crippen molar-refractivity contribution in [3.63, 3.8) is 0 Å². The molecule has 1 aliphatic rings. The maximum absolute atomic E-state index is 13.1. The molecule has 7 heteroatoms. The van der Waals surface area contributed by atoms with Crippen LogP contribution in [0.2, 0.25) is 5.02 Å². The minimum Gasteiger partial charge on any atom is -0.497 e. The number of carbonyl (C=O) groups is 1. The molecule has 2 aromatic carbocycles. The van der Waals surface area contributed by atoms with Crippen LogP contribution in [-0.4, -0.2) is 31.0 Å². The zero-order chi connectivity index (χ0) is 20.1. The molecule has 28 heavy (non-hydrogen) atoms. The zero-order valence-corrected chi connectivity index (χ0v) is 17.1. The first kappa shape index (κ1) is 20.0. The van der Waals surface area contributed by atoms with Crippen LogP contribution in [0.25, 0.3) is 6.08 Å². The molecule has 0 unspecified atom stereocenters. The van der Waals surface area contributed by atoms with Gasteiger partial charge in [0.1, 0.15) is 17.2 Å². The molecular formula is C21H19ClN2O3S. The second-order valence-corrected chi connectivity index (χ2v) is 7.15. The zero-order valence-electron chi connectivity index (χ0n) is 15.5. The van der Waals surface area contributed by atoms with Gasteiger partial charge in [-0.25, -0.2) is 4.99 Å². The standard InChI is InChI=1S/C21H19ClN2O3S/c1-4-11-28-21-23-18(12-14-5-8-16(26-2)9-6-14)20(25)24(21)15-7-10-19(27-3)17(22)13-15/h4-10,12-13H,1,11H2,2-3H3. The number of amides is 1. The van der Waals surface area contributed by atoms with Crippen LogP contribution in [0, 0.1) is 0 Å². The first-order chi connectivity index (χ1) is 13.6. The summed E-state index contributed by atoms with van der Waals surface area (Å²) in [4.78, 5) is 19.2. The molecule has 0 N–H and O–H groups in total. The lowest BCUT2D eigenvalue weighted by atomic mass is 10.2. The summed E-state index contributed by atoms with van der Waals surface area (Å²) in [5.41, 5.74) is 1.84. The Morgan fingerprint density at radius 3 is 2.54 bits per heavy atom. The quantitative estimate of drug-likeness (QED) is 0.492. The second-order valence-electron chi connectivity index (χ2n) is 5.76. The van der Waals surface area contributed by atoms with Gasteiger partial charge in [0.2, 0.25) is 0 Å². The van der Waals surface area contributed by atoms with Crippen molar-refractivity contribution < 1.29 is 14.3 Å². The highest BCUT2D eigenvalue weighted by Gasteiger charge is 2.32. The van der Waals surface area contributed by atoms with Crippen molar-refractivity contribution in [1.82, 2.24) is 0 Å². The minimum absolute atomic E-state index is 0.219. The molecule has 0 saturated carbocycles. The van der Waals surface area contributed by atoms with Gasteiger partial charge in [0.25, 0.3) is 5.91 Å². The van der Waals surface area contributed by atoms with Gasteiger partial charge < -0.3 is 9.47 Å². The first-order valence-corrected chi connectivity index (χ1v) is 9.80. The van der Waals surface area contributed by atoms with Gasteiger partial charge in [-0.15, -0.1) is 6.58 Å². The lowest BCUT2D eigenvalue weighted by molar-refractivity contribution is -0.113. The Balaban J connectivity index is 1.96. The van der Waals surface area contributed by atoms with Crippen molar-refractivity contribution in [3.8, 4) is 11.5 Å². The van der Waals surface area contributed by atoms with E-state index in [-0.39, 0.29) is 5.91 Å². The van der Waals surface area contributed by atoms with Crippen molar-refractivity contribution in [2.45, 2.75) is 0 Å². The topological polar surface area (TPSA) is 51.1 Å². The number of rotatable bonds is 6. The van der Waals surface area contributed by atoms with E-state index in [1.165, 1.54) is 11.8 Å². The third-order valence-corrected chi connectivity index (χ3v) is 5.20. The number of hydrogen-bond donors (Lipinski definition) is 0. The van der Waals surface area contributed by atoms with Crippen LogP contribution < -0.4 is 14.4 Å². The van der Waals surface area contributed by atoms with E-state index in [9.17, 15) is 4.79 Å². The van der Waals surface area contributed by atoms with Crippen molar-refractivity contribution in [3.05, 3.63) is 71.4 Å². The van der Waals surface area contributed by atoms with Gasteiger partial charge >= 0.3 is 0 Å². The predicted molar refractivity (Wildman–Crippen MR) is 117 cm³/mol. The average Bonchev–Trinajstić information content (AvgIpc) is 3.02. The molecule has 144 valence electrons. The Morgan fingerprint density at radius 1 is 1.18 bits per heavy atom. The van der Waals surface area contributed by atoms with Crippen LogP contribution in [0.1, 0.15) is 5.56 Å². The molecule has 5 nitrogen and oxygen atoms in total. The largest absolute Gasteiger partial charge is 0.497 e. The molecule has 1 heterocycles. The van der Waals surface area contributed by atoms with Crippen LogP contribution in [0.4, 0.5) is 5.69 Å². The van der Waals surface area contributed by atoms with E-state index >= 15 is 0 Å². The molecule has 0 spiro atoms. The van der Waals surface area contributed by atoms with Gasteiger partial charge in [-0.3, -0.25) is 9.69 Å². The molecule has 3 rings (SSSR count). The van der Waals surface area contributed by atoms with Crippen molar-refractivity contribution in [2.24, 2.45) is 4.99 Å². The summed E-state index contributed by atoms with van der Waals surface area (Å²) in [5.74, 6) is 1.70. The van der Waals surface area contributed by atoms with Crippen LogP contribution in [-0.2, 0) is 4.79 Å². The summed E-state index contributed by atoms with van der Waals surface area (Å²) in [6.45, 7) is 3.73. The van der Waals surface area contributed by atoms with Crippen LogP contribution in [0.15, 0.2) is 65.8 Å². The van der Waals surface area contributed by atoms with Crippen LogP contribution in [0.3, 0.4) is 0 Å². The molecule has 1 aliphatic heterocycles. The fourth-order valence-electron chi connectivity index (χ4n) is 2.61. The van der Waals surface area contributed by atoms with E-state index in [0.717, 1.165) is 11.3 Å². The Morgan fingerprint density at radius 2 is 1.93 bits per heavy atom. The Hall–Kier alpha value is -2.70. The summed E-state index contributed by atoms with van der Waals surface area (Å²) < 4.78 is 10.4. The van der Waals surface area contributed by atoms with Gasteiger partial charge in [-0.05, 0) is 42.0 Å². The van der Waals surface area contributed by atoms with Crippen molar-refractivity contribution in [2.75, 3.05) is 24.9 Å². The predicted octanol–water partition coefficient (Wildman–Crippen LogP) is 5.02. The summed E-state index contributed by atoms with van der Waals surface area (Å²) in [7, 11) is 3.16. The maximum Gasteiger partial charge on any atom is 0.283 e. The Bertz CT molecular complexity index is 955. The fourth-order valence-corrected chi connectivity index (χ4v) is 3.61. The van der Waals surface area contributed by atoms with Crippen molar-refractivity contribution in [1.29, 1.82) is 0 Å². The number of anilines is 1. The third-order valence-electron chi connectivity index (χ3n) is 3.97. The smallest absolute Gasteiger partial charge is 0.283 e. The molecule has 1 amide bonds. The monoisotopic (exact) mass is 414 g/mol. The van der Waals surface area contributed by atoms with Gasteiger partial charge in [-0.2, -0.15) is 0 Å². The molecule has 0 aliphatic carbocycles. The molecule has 0 bridgehead atoms. The summed E-state index contributed by atoms with van der Waals surface area (Å²) in [5, 5.41) is 0.999. The molecular weight excluding hydrogens is 396 g/mol. The maximum atomic E-state index is 13.1. The number of carbonyl (C=O) groups excluding carboxylic acids is 1. The molecule has 0 radical (unpaired) electrons. The minimum atomic E-state index is -0.219. The van der Waals surface area contributed by atoms with Crippen LogP contribution in [0.5, 0.6) is 11.5 Å². The number of thioether (sulfide) groups is 1. The highest BCUT2D eigenvalue weighted by molar-refractivity contribution is 8.14. The van der Waals surface area contributed by atoms with E-state index < -0.39 is 0 Å². The molecule has 0 fully saturated rings. The van der Waals surface area contributed by atoms with Gasteiger partial charge in [-0.1, -0.05) is 41.6 Å². The van der Waals surface area contributed by atoms with Gasteiger partial charge in [0.05, 0.1) is 24.9 Å². The van der Waals surface area contributed by atoms with Crippen molar-refractivity contribution >= 4 is 46.2 Å². The Kier molecular flexibility index (Phi) is 6.44. The first-order valence-electron chi connectivity index (χ1n) is 8.43. The summed E-state index contributed by atoms with van der Waals surface area (Å²) in [6.07, 6.45) is 3.52. The average molecular weight is 415 g/mol. The molecule has 0 atom stereocenters. The van der Waals surface area contributed by atoms with E-state index in [1.54, 1.807) is 49.5 Å². The fraction of sp³-hybridized carbons (Fsp3) is 0.143. The normalized spacial score (nSPS) is 15.0. The number of halogens is 1. The van der Waals surface area contributed by atoms with Gasteiger partial charge in [0, 0.05) is 5.75 Å². The summed E-state index contributed by atoms with van der Waals surface area (Å²) >= 11 is 7.68. The number of benzene rings is 2. The van der Waals surface area contributed by atoms with E-state index in [2.05, 4.69) is 11.6 Å². The number of nitrogens with zero attached hydrogens (tertiary/aromatic N) is 2. The molecule has 2 aromatic rings. The lowest BCUT2D eigenvalue weighted by Gasteiger charge is -2.18. The third kappa shape index (κ3) is 4.24. The highest BCUT2D eigenvalue weighted by Crippen LogP contribution is 2.34. The van der Waals surface area contributed by atoms with E-state index in [0.29, 0.717) is 33.1 Å². The number of amidine groups is 1. The molecule has 0 saturated heterocycles. The number of hydrogen-bond acceptors (Lipinski definition) is 5. The van der Waals surface area contributed by atoms with E-state index in [4.69, 9.17) is 21.1 Å². The lowest BCUT2D eigenvalue weighted by Crippen LogP contribution is -2.30. The van der Waals surface area contributed by atoms with E-state index in [1.807, 2.05) is 24.3 Å². The SMILES string of the molecule is C=CCSC1=NC(=Cc2ccc(OC)cc2)C(=O)N1c1ccc(OC)c(Cl)c1. The molecule has 0 aromatic heterocycles. The van der Waals surface area contributed by atoms with Crippen LogP contribution >= 0.6 is 23.4 Å². The van der Waals surface area contributed by atoms with Gasteiger partial charge in [0.15, 0.2) is 5.17 Å². The number of ether oxygens (including phenoxy) is 2. The highest BCUT2D eigenvalue weighted by atomic mass is 35.5. The number of aliphatic imine (C=N–C) groups is 1.